The Labute approximate surface area is 204 Å². The average molecular weight is 469 g/mol. The van der Waals surface area contributed by atoms with Gasteiger partial charge in [0.1, 0.15) is 17.4 Å². The van der Waals surface area contributed by atoms with E-state index < -0.39 is 11.6 Å². The van der Waals surface area contributed by atoms with Crippen molar-refractivity contribution < 1.29 is 13.5 Å². The number of aryl methyl sites for hydroxylation is 1. The molecule has 0 aliphatic rings. The van der Waals surface area contributed by atoms with Gasteiger partial charge in [-0.3, -0.25) is 0 Å². The van der Waals surface area contributed by atoms with Gasteiger partial charge in [0.15, 0.2) is 0 Å². The van der Waals surface area contributed by atoms with Crippen molar-refractivity contribution in [2.75, 3.05) is 6.61 Å². The third-order valence-corrected chi connectivity index (χ3v) is 5.42. The fourth-order valence-electron chi connectivity index (χ4n) is 3.63. The molecule has 0 atom stereocenters. The molecule has 4 aromatic rings. The molecule has 0 unspecified atom stereocenters. The Morgan fingerprint density at radius 1 is 0.771 bits per heavy atom. The molecule has 0 amide bonds. The van der Waals surface area contributed by atoms with Gasteiger partial charge in [0.05, 0.1) is 23.5 Å². The maximum Gasteiger partial charge on any atom is 0.149 e. The Morgan fingerprint density at radius 3 is 2.11 bits per heavy atom. The lowest BCUT2D eigenvalue weighted by Gasteiger charge is -2.06. The molecule has 0 fully saturated rings. The Balaban J connectivity index is 1.48. The van der Waals surface area contributed by atoms with Crippen LogP contribution in [0.3, 0.4) is 0 Å². The highest BCUT2D eigenvalue weighted by molar-refractivity contribution is 5.85. The van der Waals surface area contributed by atoms with Crippen molar-refractivity contribution in [2.45, 2.75) is 33.1 Å². The number of hydrogen-bond donors (Lipinski definition) is 0. The zero-order chi connectivity index (χ0) is 24.6. The van der Waals surface area contributed by atoms with E-state index >= 15 is 0 Å². The van der Waals surface area contributed by atoms with E-state index in [0.717, 1.165) is 30.6 Å². The minimum atomic E-state index is -0.660. The first-order valence-corrected chi connectivity index (χ1v) is 11.7. The van der Waals surface area contributed by atoms with Crippen molar-refractivity contribution >= 4 is 22.1 Å². The summed E-state index contributed by atoms with van der Waals surface area (Å²) in [6, 6.07) is 21.2. The lowest BCUT2D eigenvalue weighted by Crippen LogP contribution is -1.94. The number of nitrogens with zero attached hydrogens (tertiary/aromatic N) is 2. The van der Waals surface area contributed by atoms with Crippen LogP contribution in [0, 0.1) is 23.5 Å². The molecular formula is C30H26F2N2O. The van der Waals surface area contributed by atoms with Crippen LogP contribution in [0.5, 0.6) is 5.75 Å². The summed E-state index contributed by atoms with van der Waals surface area (Å²) in [6.45, 7) is 4.81. The van der Waals surface area contributed by atoms with E-state index in [4.69, 9.17) is 4.74 Å². The van der Waals surface area contributed by atoms with E-state index in [2.05, 4.69) is 35.9 Å². The summed E-state index contributed by atoms with van der Waals surface area (Å²) in [5.41, 5.74) is 2.82. The number of halogens is 2. The second-order valence-electron chi connectivity index (χ2n) is 8.19. The predicted octanol–water partition coefficient (Wildman–Crippen LogP) is 8.67. The molecule has 0 heterocycles. The molecule has 0 bridgehead atoms. The van der Waals surface area contributed by atoms with Gasteiger partial charge in [-0.05, 0) is 78.4 Å². The molecule has 35 heavy (non-hydrogen) atoms. The second-order valence-corrected chi connectivity index (χ2v) is 8.19. The minimum absolute atomic E-state index is 0.226. The van der Waals surface area contributed by atoms with Crippen molar-refractivity contribution in [3.05, 3.63) is 101 Å². The molecule has 0 saturated heterocycles. The van der Waals surface area contributed by atoms with Crippen LogP contribution in [0.4, 0.5) is 20.2 Å². The molecule has 0 aliphatic carbocycles. The second kappa shape index (κ2) is 11.4. The maximum absolute atomic E-state index is 15.0. The van der Waals surface area contributed by atoms with E-state index in [9.17, 15) is 8.78 Å². The fraction of sp³-hybridized carbons (Fsp3) is 0.200. The Hall–Kier alpha value is -4.04. The van der Waals surface area contributed by atoms with Gasteiger partial charge in [-0.1, -0.05) is 50.3 Å². The molecule has 176 valence electrons. The SMILES string of the molecule is CCCOc1ccc(N=Nc2ccc(C#Cc3c(F)cc4cc(CCC)ccc4c3F)cc2)cc1. The summed E-state index contributed by atoms with van der Waals surface area (Å²) in [4.78, 5) is 0. The summed E-state index contributed by atoms with van der Waals surface area (Å²) in [6.07, 6.45) is 2.80. The molecule has 0 spiro atoms. The topological polar surface area (TPSA) is 34.0 Å². The first kappa shape index (κ1) is 24.1. The summed E-state index contributed by atoms with van der Waals surface area (Å²) in [5.74, 6) is 5.02. The molecule has 5 heteroatoms. The number of benzene rings is 4. The molecule has 0 saturated carbocycles. The van der Waals surface area contributed by atoms with Gasteiger partial charge >= 0.3 is 0 Å². The van der Waals surface area contributed by atoms with Gasteiger partial charge in [0.2, 0.25) is 0 Å². The van der Waals surface area contributed by atoms with Crippen LogP contribution < -0.4 is 4.74 Å². The van der Waals surface area contributed by atoms with Crippen LogP contribution in [-0.2, 0) is 6.42 Å². The summed E-state index contributed by atoms with van der Waals surface area (Å²) in [5, 5.41) is 9.37. The number of fused-ring (bicyclic) bond motifs is 1. The van der Waals surface area contributed by atoms with Gasteiger partial charge in [0, 0.05) is 10.9 Å². The minimum Gasteiger partial charge on any atom is -0.494 e. The highest BCUT2D eigenvalue weighted by Crippen LogP contribution is 2.26. The Kier molecular flexibility index (Phi) is 7.84. The van der Waals surface area contributed by atoms with E-state index in [-0.39, 0.29) is 5.56 Å². The summed E-state index contributed by atoms with van der Waals surface area (Å²) >= 11 is 0. The summed E-state index contributed by atoms with van der Waals surface area (Å²) < 4.78 is 35.2. The lowest BCUT2D eigenvalue weighted by atomic mass is 10.0. The van der Waals surface area contributed by atoms with E-state index in [1.807, 2.05) is 36.4 Å². The fourth-order valence-corrected chi connectivity index (χ4v) is 3.63. The Morgan fingerprint density at radius 2 is 1.46 bits per heavy atom. The van der Waals surface area contributed by atoms with Crippen LogP contribution in [0.1, 0.15) is 43.4 Å². The van der Waals surface area contributed by atoms with Crippen LogP contribution in [0.25, 0.3) is 10.8 Å². The molecule has 0 aromatic heterocycles. The van der Waals surface area contributed by atoms with E-state index in [1.165, 1.54) is 6.07 Å². The molecule has 0 N–H and O–H groups in total. The highest BCUT2D eigenvalue weighted by atomic mass is 19.1. The van der Waals surface area contributed by atoms with Gasteiger partial charge in [0.25, 0.3) is 0 Å². The zero-order valence-electron chi connectivity index (χ0n) is 19.8. The molecule has 3 nitrogen and oxygen atoms in total. The third-order valence-electron chi connectivity index (χ3n) is 5.42. The smallest absolute Gasteiger partial charge is 0.149 e. The number of ether oxygens (including phenoxy) is 1. The van der Waals surface area contributed by atoms with Crippen molar-refractivity contribution in [2.24, 2.45) is 10.2 Å². The first-order chi connectivity index (χ1) is 17.1. The average Bonchev–Trinajstić information content (AvgIpc) is 2.87. The normalized spacial score (nSPS) is 11.0. The summed E-state index contributed by atoms with van der Waals surface area (Å²) in [7, 11) is 0. The number of hydrogen-bond acceptors (Lipinski definition) is 3. The molecule has 4 rings (SSSR count). The monoisotopic (exact) mass is 468 g/mol. The molecular weight excluding hydrogens is 442 g/mol. The van der Waals surface area contributed by atoms with Crippen molar-refractivity contribution in [3.63, 3.8) is 0 Å². The lowest BCUT2D eigenvalue weighted by molar-refractivity contribution is 0.317. The quantitative estimate of drug-likeness (QED) is 0.197. The molecule has 0 radical (unpaired) electrons. The van der Waals surface area contributed by atoms with Gasteiger partial charge in [-0.25, -0.2) is 8.78 Å². The van der Waals surface area contributed by atoms with Crippen LogP contribution in [0.15, 0.2) is 83.0 Å². The van der Waals surface area contributed by atoms with E-state index in [0.29, 0.717) is 34.3 Å². The zero-order valence-corrected chi connectivity index (χ0v) is 19.8. The molecule has 4 aromatic carbocycles. The van der Waals surface area contributed by atoms with Gasteiger partial charge in [-0.2, -0.15) is 10.2 Å². The van der Waals surface area contributed by atoms with Crippen LogP contribution >= 0.6 is 0 Å². The third kappa shape index (κ3) is 6.10. The highest BCUT2D eigenvalue weighted by Gasteiger charge is 2.12. The van der Waals surface area contributed by atoms with Crippen LogP contribution in [-0.4, -0.2) is 6.61 Å². The standard InChI is InChI=1S/C30H26F2N2O/c1-3-5-22-9-16-27-23(19-22)20-29(31)28(30(27)32)17-8-21-6-10-24(11-7-21)33-34-25-12-14-26(15-13-25)35-18-4-2/h6-7,9-16,19-20H,3-5,18H2,1-2H3. The molecule has 0 aliphatic heterocycles. The van der Waals surface area contributed by atoms with Crippen LogP contribution in [0.2, 0.25) is 0 Å². The van der Waals surface area contributed by atoms with Gasteiger partial charge < -0.3 is 4.74 Å². The van der Waals surface area contributed by atoms with Crippen molar-refractivity contribution in [1.82, 2.24) is 0 Å². The largest absolute Gasteiger partial charge is 0.494 e. The first-order valence-electron chi connectivity index (χ1n) is 11.7. The Bertz CT molecular complexity index is 1400. The van der Waals surface area contributed by atoms with Crippen molar-refractivity contribution in [1.29, 1.82) is 0 Å². The van der Waals surface area contributed by atoms with Crippen molar-refractivity contribution in [3.8, 4) is 17.6 Å². The number of azo groups is 1. The van der Waals surface area contributed by atoms with Gasteiger partial charge in [-0.15, -0.1) is 0 Å². The number of rotatable bonds is 7. The maximum atomic E-state index is 15.0. The predicted molar refractivity (Wildman–Crippen MR) is 137 cm³/mol. The van der Waals surface area contributed by atoms with E-state index in [1.54, 1.807) is 30.3 Å².